The molecule has 3 rings (SSSR count). The van der Waals surface area contributed by atoms with Gasteiger partial charge in [-0.25, -0.2) is 9.48 Å². The fraction of sp³-hybridized carbons (Fsp3) is 0.353. The molecule has 2 unspecified atom stereocenters. The second-order valence-corrected chi connectivity index (χ2v) is 5.99. The lowest BCUT2D eigenvalue weighted by Gasteiger charge is -2.38. The molecule has 2 atom stereocenters. The molecule has 1 aliphatic heterocycles. The molecule has 1 amide bonds. The van der Waals surface area contributed by atoms with Crippen molar-refractivity contribution >= 4 is 11.9 Å². The zero-order valence-electron chi connectivity index (χ0n) is 13.8. The molecule has 0 bridgehead atoms. The minimum Gasteiger partial charge on any atom is -0.444 e. The van der Waals surface area contributed by atoms with Gasteiger partial charge < -0.3 is 4.74 Å². The second-order valence-electron chi connectivity index (χ2n) is 5.99. The van der Waals surface area contributed by atoms with Crippen LogP contribution in [-0.4, -0.2) is 28.1 Å². The van der Waals surface area contributed by atoms with Gasteiger partial charge in [0.25, 0.3) is 0 Å². The predicted molar refractivity (Wildman–Crippen MR) is 85.2 cm³/mol. The molecule has 26 heavy (non-hydrogen) atoms. The molecule has 2 heterocycles. The Morgan fingerprint density at radius 2 is 2.08 bits per heavy atom. The first-order valence-corrected chi connectivity index (χ1v) is 7.87. The normalized spacial score (nSPS) is 19.6. The van der Waals surface area contributed by atoms with E-state index in [1.165, 1.54) is 6.92 Å². The minimum atomic E-state index is -4.54. The molecular formula is C17H15F3N4O2. The van der Waals surface area contributed by atoms with E-state index in [9.17, 15) is 23.2 Å². The van der Waals surface area contributed by atoms with Crippen LogP contribution in [0.5, 0.6) is 0 Å². The predicted octanol–water partition coefficient (Wildman–Crippen LogP) is 3.79. The molecule has 0 spiro atoms. The van der Waals surface area contributed by atoms with E-state index in [4.69, 9.17) is 4.74 Å². The number of hydrogen-bond donors (Lipinski definition) is 0. The lowest BCUT2D eigenvalue weighted by molar-refractivity contribution is -0.174. The highest BCUT2D eigenvalue weighted by Crippen LogP contribution is 2.42. The summed E-state index contributed by atoms with van der Waals surface area (Å²) in [5, 5.41) is 12.9. The summed E-state index contributed by atoms with van der Waals surface area (Å²) in [6.45, 7) is 1.46. The average molecular weight is 364 g/mol. The van der Waals surface area contributed by atoms with Crippen molar-refractivity contribution in [3.8, 4) is 6.07 Å². The Morgan fingerprint density at radius 1 is 1.38 bits per heavy atom. The van der Waals surface area contributed by atoms with Gasteiger partial charge in [0.15, 0.2) is 11.9 Å². The summed E-state index contributed by atoms with van der Waals surface area (Å²) in [4.78, 5) is 13.6. The molecule has 1 aliphatic rings. The second kappa shape index (κ2) is 6.71. The third kappa shape index (κ3) is 3.22. The van der Waals surface area contributed by atoms with Gasteiger partial charge in [-0.15, -0.1) is 0 Å². The number of ether oxygens (including phenoxy) is 1. The fourth-order valence-corrected chi connectivity index (χ4v) is 2.97. The molecule has 1 aromatic heterocycles. The van der Waals surface area contributed by atoms with Gasteiger partial charge in [0.05, 0.1) is 6.20 Å². The number of alkyl halides is 3. The van der Waals surface area contributed by atoms with Gasteiger partial charge in [0.2, 0.25) is 0 Å². The number of carbonyl (C=O) groups excluding carboxylic acids is 1. The van der Waals surface area contributed by atoms with Crippen LogP contribution in [0.3, 0.4) is 0 Å². The average Bonchev–Trinajstić information content (AvgIpc) is 3.02. The number of nitrogens with zero attached hydrogens (tertiary/aromatic N) is 4. The van der Waals surface area contributed by atoms with Gasteiger partial charge in [-0.2, -0.15) is 23.5 Å². The van der Waals surface area contributed by atoms with Crippen molar-refractivity contribution in [1.29, 1.82) is 5.26 Å². The molecule has 0 saturated heterocycles. The van der Waals surface area contributed by atoms with Gasteiger partial charge in [-0.1, -0.05) is 30.3 Å². The molecule has 0 aliphatic carbocycles. The molecule has 136 valence electrons. The maximum atomic E-state index is 13.3. The van der Waals surface area contributed by atoms with Crippen LogP contribution in [0.15, 0.2) is 36.5 Å². The van der Waals surface area contributed by atoms with E-state index in [1.807, 2.05) is 6.07 Å². The summed E-state index contributed by atoms with van der Waals surface area (Å²) < 4.78 is 45.9. The van der Waals surface area contributed by atoms with E-state index in [2.05, 4.69) is 5.10 Å². The molecule has 1 aromatic carbocycles. The third-order valence-electron chi connectivity index (χ3n) is 4.20. The van der Waals surface area contributed by atoms with E-state index in [1.54, 1.807) is 30.3 Å². The first kappa shape index (κ1) is 17.8. The lowest BCUT2D eigenvalue weighted by atomic mass is 10.0. The number of rotatable bonds is 2. The van der Waals surface area contributed by atoms with Crippen LogP contribution in [-0.2, 0) is 11.3 Å². The molecule has 6 nitrogen and oxygen atoms in total. The van der Waals surface area contributed by atoms with Gasteiger partial charge >= 0.3 is 12.3 Å². The van der Waals surface area contributed by atoms with Gasteiger partial charge in [0, 0.05) is 6.04 Å². The Hall–Kier alpha value is -3.02. The highest BCUT2D eigenvalue weighted by atomic mass is 19.4. The molecule has 0 fully saturated rings. The van der Waals surface area contributed by atoms with Crippen molar-refractivity contribution in [1.82, 2.24) is 9.78 Å². The highest BCUT2D eigenvalue weighted by molar-refractivity contribution is 5.89. The number of benzene rings is 1. The van der Waals surface area contributed by atoms with E-state index in [-0.39, 0.29) is 24.4 Å². The number of halogens is 3. The van der Waals surface area contributed by atoms with Crippen LogP contribution in [0.4, 0.5) is 23.8 Å². The van der Waals surface area contributed by atoms with E-state index in [0.29, 0.717) is 4.68 Å². The summed E-state index contributed by atoms with van der Waals surface area (Å²) in [6, 6.07) is 7.98. The summed E-state index contributed by atoms with van der Waals surface area (Å²) >= 11 is 0. The van der Waals surface area contributed by atoms with E-state index < -0.39 is 24.4 Å². The minimum absolute atomic E-state index is 0.0262. The Morgan fingerprint density at radius 3 is 2.69 bits per heavy atom. The number of nitriles is 1. The topological polar surface area (TPSA) is 71.2 Å². The number of anilines is 1. The van der Waals surface area contributed by atoms with Crippen LogP contribution in [0.25, 0.3) is 0 Å². The number of hydrogen-bond acceptors (Lipinski definition) is 4. The van der Waals surface area contributed by atoms with Crippen molar-refractivity contribution in [3.63, 3.8) is 0 Å². The monoisotopic (exact) mass is 364 g/mol. The van der Waals surface area contributed by atoms with Gasteiger partial charge in [0.1, 0.15) is 18.2 Å². The molecule has 9 heteroatoms. The van der Waals surface area contributed by atoms with Gasteiger partial charge in [-0.05, 0) is 18.9 Å². The van der Waals surface area contributed by atoms with Crippen molar-refractivity contribution in [2.75, 3.05) is 4.90 Å². The molecule has 0 saturated carbocycles. The van der Waals surface area contributed by atoms with E-state index in [0.717, 1.165) is 16.7 Å². The number of carbonyl (C=O) groups is 1. The van der Waals surface area contributed by atoms with Crippen LogP contribution < -0.4 is 4.90 Å². The van der Waals surface area contributed by atoms with Crippen LogP contribution >= 0.6 is 0 Å². The lowest BCUT2D eigenvalue weighted by Crippen LogP contribution is -2.48. The number of aromatic nitrogens is 2. The zero-order chi connectivity index (χ0) is 18.9. The molecule has 0 N–H and O–H groups in total. The summed E-state index contributed by atoms with van der Waals surface area (Å²) in [6.07, 6.45) is -4.70. The summed E-state index contributed by atoms with van der Waals surface area (Å²) in [5.41, 5.74) is 0.634. The van der Waals surface area contributed by atoms with Crippen molar-refractivity contribution < 1.29 is 22.7 Å². The zero-order valence-corrected chi connectivity index (χ0v) is 13.8. The Labute approximate surface area is 147 Å². The maximum Gasteiger partial charge on any atom is 0.416 e. The SMILES string of the molecule is CC1CC(C(F)(F)F)n2ncc(C#N)c2N1C(=O)OCc1ccccc1. The largest absolute Gasteiger partial charge is 0.444 e. The van der Waals surface area contributed by atoms with Crippen LogP contribution in [0.1, 0.15) is 30.5 Å². The fourth-order valence-electron chi connectivity index (χ4n) is 2.97. The molecule has 2 aromatic rings. The number of fused-ring (bicyclic) bond motifs is 1. The standard InChI is InChI=1S/C17H15F3N4O2/c1-11-7-14(17(18,19)20)24-15(13(8-21)9-22-24)23(11)16(25)26-10-12-5-3-2-4-6-12/h2-6,9,11,14H,7,10H2,1H3. The first-order chi connectivity index (χ1) is 12.3. The summed E-state index contributed by atoms with van der Waals surface area (Å²) in [5.74, 6) is -0.188. The maximum absolute atomic E-state index is 13.3. The van der Waals surface area contributed by atoms with Crippen molar-refractivity contribution in [2.45, 2.75) is 38.2 Å². The van der Waals surface area contributed by atoms with Gasteiger partial charge in [-0.3, -0.25) is 4.90 Å². The molecular weight excluding hydrogens is 349 g/mol. The van der Waals surface area contributed by atoms with Crippen molar-refractivity contribution in [3.05, 3.63) is 47.7 Å². The third-order valence-corrected chi connectivity index (χ3v) is 4.20. The number of amides is 1. The van der Waals surface area contributed by atoms with Crippen molar-refractivity contribution in [2.24, 2.45) is 0 Å². The Balaban J connectivity index is 1.90. The summed E-state index contributed by atoms with van der Waals surface area (Å²) in [7, 11) is 0. The smallest absolute Gasteiger partial charge is 0.416 e. The quantitative estimate of drug-likeness (QED) is 0.813. The Bertz CT molecular complexity index is 842. The van der Waals surface area contributed by atoms with Crippen LogP contribution in [0.2, 0.25) is 0 Å². The molecule has 0 radical (unpaired) electrons. The van der Waals surface area contributed by atoms with E-state index >= 15 is 0 Å². The highest BCUT2D eigenvalue weighted by Gasteiger charge is 2.49. The first-order valence-electron chi connectivity index (χ1n) is 7.87. The Kier molecular flexibility index (Phi) is 4.59. The van der Waals surface area contributed by atoms with Crippen LogP contribution in [0, 0.1) is 11.3 Å².